The van der Waals surface area contributed by atoms with Gasteiger partial charge in [0.2, 0.25) is 0 Å². The van der Waals surface area contributed by atoms with Gasteiger partial charge in [-0.2, -0.15) is 0 Å². The molecule has 0 fully saturated rings. The number of ether oxygens (including phenoxy) is 3. The minimum absolute atomic E-state index is 0.140. The van der Waals surface area contributed by atoms with Crippen LogP contribution in [-0.2, 0) is 42.2 Å². The van der Waals surface area contributed by atoms with Crippen molar-refractivity contribution < 1.29 is 52.2 Å². The second-order valence-corrected chi connectivity index (χ2v) is 19.1. The lowest BCUT2D eigenvalue weighted by atomic mass is 10.1. The van der Waals surface area contributed by atoms with Crippen LogP contribution in [0.15, 0.2) is 72.9 Å². The Morgan fingerprint density at radius 2 is 0.765 bits per heavy atom. The van der Waals surface area contributed by atoms with Crippen LogP contribution in [0.2, 0.25) is 0 Å². The number of phosphoric acid groups is 1. The number of aliphatic hydroxyl groups excluding tert-OH is 1. The number of carbonyl (C=O) groups excluding carboxylic acids is 3. The van der Waals surface area contributed by atoms with Gasteiger partial charge in [0, 0.05) is 19.3 Å². The van der Waals surface area contributed by atoms with Crippen molar-refractivity contribution in [3.8, 4) is 0 Å². The molecule has 3 unspecified atom stereocenters. The molecule has 12 heteroatoms. The van der Waals surface area contributed by atoms with Gasteiger partial charge in [-0.25, -0.2) is 4.57 Å². The highest BCUT2D eigenvalue weighted by Gasteiger charge is 2.28. The van der Waals surface area contributed by atoms with E-state index in [9.17, 15) is 28.9 Å². The first-order valence-electron chi connectivity index (χ1n) is 26.8. The normalized spacial score (nSPS) is 14.0. The van der Waals surface area contributed by atoms with E-state index in [0.29, 0.717) is 19.3 Å². The van der Waals surface area contributed by atoms with Crippen molar-refractivity contribution in [3.05, 3.63) is 72.9 Å². The van der Waals surface area contributed by atoms with E-state index in [1.54, 1.807) is 0 Å². The predicted octanol–water partition coefficient (Wildman–Crippen LogP) is 15.4. The molecule has 0 heterocycles. The summed E-state index contributed by atoms with van der Waals surface area (Å²) in [5.41, 5.74) is 0. The molecule has 0 aromatic heterocycles. The van der Waals surface area contributed by atoms with Gasteiger partial charge < -0.3 is 24.2 Å². The van der Waals surface area contributed by atoms with E-state index in [1.807, 2.05) is 0 Å². The zero-order valence-electron chi connectivity index (χ0n) is 43.1. The highest BCUT2D eigenvalue weighted by molar-refractivity contribution is 7.47. The lowest BCUT2D eigenvalue weighted by Gasteiger charge is -2.21. The summed E-state index contributed by atoms with van der Waals surface area (Å²) >= 11 is 0. The number of rotatable bonds is 49. The summed E-state index contributed by atoms with van der Waals surface area (Å²) in [6.07, 6.45) is 54.4. The first-order chi connectivity index (χ1) is 33.2. The molecule has 3 atom stereocenters. The largest absolute Gasteiger partial charge is 0.472 e. The molecule has 11 nitrogen and oxygen atoms in total. The van der Waals surface area contributed by atoms with Crippen molar-refractivity contribution >= 4 is 25.7 Å². The Balaban J connectivity index is 4.76. The van der Waals surface area contributed by atoms with Crippen LogP contribution < -0.4 is 0 Å². The standard InChI is InChI=1S/C56H97O11P/c1-4-7-10-13-16-19-22-24-25-26-27-29-32-35-38-41-44-47-56(60)67-53(49-63-54(58)45-42-39-36-33-30-21-18-15-12-9-6-3)51-65-68(61,62)64-50-52(48-57)66-55(59)46-43-40-37-34-31-28-23-20-17-14-11-8-5-2/h7-8,10-11,16-17,19-20,24-25,28,31,52-53,57H,4-6,9,12-15,18,21-23,26-27,29-30,32-51H2,1-3H3,(H,61,62)/b10-7-,11-8-,19-16-,20-17-,25-24-,31-28-. The maximum Gasteiger partial charge on any atom is 0.472 e. The zero-order valence-corrected chi connectivity index (χ0v) is 43.9. The van der Waals surface area contributed by atoms with Crippen LogP contribution in [0.5, 0.6) is 0 Å². The molecule has 0 radical (unpaired) electrons. The van der Waals surface area contributed by atoms with E-state index in [-0.39, 0.29) is 25.9 Å². The van der Waals surface area contributed by atoms with Gasteiger partial charge in [-0.1, -0.05) is 196 Å². The minimum atomic E-state index is -4.75. The van der Waals surface area contributed by atoms with Crippen LogP contribution in [0.4, 0.5) is 0 Å². The first-order valence-corrected chi connectivity index (χ1v) is 28.3. The van der Waals surface area contributed by atoms with Crippen molar-refractivity contribution in [3.63, 3.8) is 0 Å². The van der Waals surface area contributed by atoms with E-state index in [1.165, 1.54) is 51.4 Å². The van der Waals surface area contributed by atoms with Gasteiger partial charge in [-0.15, -0.1) is 0 Å². The van der Waals surface area contributed by atoms with Crippen molar-refractivity contribution in [1.82, 2.24) is 0 Å². The number of unbranched alkanes of at least 4 members (excludes halogenated alkanes) is 20. The summed E-state index contributed by atoms with van der Waals surface area (Å²) in [7, 11) is -4.75. The maximum absolute atomic E-state index is 12.9. The quantitative estimate of drug-likeness (QED) is 0.0197. The molecule has 0 aromatic carbocycles. The Kier molecular flexibility index (Phi) is 48.0. The molecule has 392 valence electrons. The molecule has 0 aliphatic heterocycles. The number of aliphatic hydroxyl groups is 1. The Labute approximate surface area is 414 Å². The lowest BCUT2D eigenvalue weighted by Crippen LogP contribution is -2.30. The van der Waals surface area contributed by atoms with Crippen molar-refractivity contribution in [1.29, 1.82) is 0 Å². The summed E-state index contributed by atoms with van der Waals surface area (Å²) < 4.78 is 39.4. The van der Waals surface area contributed by atoms with Crippen molar-refractivity contribution in [2.45, 2.75) is 238 Å². The van der Waals surface area contributed by atoms with Gasteiger partial charge in [0.25, 0.3) is 0 Å². The zero-order chi connectivity index (χ0) is 49.9. The average Bonchev–Trinajstić information content (AvgIpc) is 3.32. The summed E-state index contributed by atoms with van der Waals surface area (Å²) in [5.74, 6) is -1.51. The number of carbonyl (C=O) groups is 3. The summed E-state index contributed by atoms with van der Waals surface area (Å²) in [4.78, 5) is 48.3. The number of hydrogen-bond donors (Lipinski definition) is 2. The Morgan fingerprint density at radius 3 is 1.19 bits per heavy atom. The van der Waals surface area contributed by atoms with Gasteiger partial charge in [0.05, 0.1) is 19.8 Å². The number of phosphoric ester groups is 1. The van der Waals surface area contributed by atoms with E-state index >= 15 is 0 Å². The smallest absolute Gasteiger partial charge is 0.462 e. The molecule has 0 aliphatic carbocycles. The van der Waals surface area contributed by atoms with Crippen molar-refractivity contribution in [2.75, 3.05) is 26.4 Å². The molecule has 0 rings (SSSR count). The SMILES string of the molecule is CC/C=C\C/C=C\C/C=C\CCCCCCCCCC(=O)OC(COC(=O)CCCCCCCCCCCCC)COP(=O)(O)OCC(CO)OC(=O)CCCCC/C=C\C/C=C\C/C=C\CC. The molecule has 0 saturated carbocycles. The van der Waals surface area contributed by atoms with Crippen LogP contribution in [-0.4, -0.2) is 66.5 Å². The molecule has 0 bridgehead atoms. The number of allylic oxidation sites excluding steroid dienone is 12. The van der Waals surface area contributed by atoms with Gasteiger partial charge in [-0.05, 0) is 83.5 Å². The van der Waals surface area contributed by atoms with Gasteiger partial charge in [-0.3, -0.25) is 23.4 Å². The summed E-state index contributed by atoms with van der Waals surface area (Å²) in [6.45, 7) is 4.36. The average molecular weight is 977 g/mol. The summed E-state index contributed by atoms with van der Waals surface area (Å²) in [6, 6.07) is 0. The molecule has 0 aromatic rings. The highest BCUT2D eigenvalue weighted by Crippen LogP contribution is 2.43. The third-order valence-corrected chi connectivity index (χ3v) is 12.1. The molecule has 0 saturated heterocycles. The van der Waals surface area contributed by atoms with E-state index in [2.05, 4.69) is 93.7 Å². The first kappa shape index (κ1) is 64.9. The Hall–Kier alpha value is -3.08. The fourth-order valence-corrected chi connectivity index (χ4v) is 7.87. The Bertz CT molecular complexity index is 1420. The second kappa shape index (κ2) is 50.3. The van der Waals surface area contributed by atoms with Gasteiger partial charge in [0.15, 0.2) is 6.10 Å². The number of hydrogen-bond acceptors (Lipinski definition) is 10. The number of esters is 3. The topological polar surface area (TPSA) is 155 Å². The maximum atomic E-state index is 12.9. The van der Waals surface area contributed by atoms with Crippen LogP contribution in [0.1, 0.15) is 226 Å². The second-order valence-electron chi connectivity index (χ2n) is 17.6. The highest BCUT2D eigenvalue weighted by atomic mass is 31.2. The van der Waals surface area contributed by atoms with Gasteiger partial charge in [0.1, 0.15) is 12.7 Å². The van der Waals surface area contributed by atoms with E-state index in [4.69, 9.17) is 23.3 Å². The van der Waals surface area contributed by atoms with Crippen molar-refractivity contribution in [2.24, 2.45) is 0 Å². The van der Waals surface area contributed by atoms with E-state index in [0.717, 1.165) is 116 Å². The fourth-order valence-electron chi connectivity index (χ4n) is 7.09. The monoisotopic (exact) mass is 977 g/mol. The Morgan fingerprint density at radius 1 is 0.426 bits per heavy atom. The molecule has 0 spiro atoms. The molecule has 0 amide bonds. The van der Waals surface area contributed by atoms with Crippen LogP contribution >= 0.6 is 7.82 Å². The third-order valence-electron chi connectivity index (χ3n) is 11.1. The molecular formula is C56H97O11P. The minimum Gasteiger partial charge on any atom is -0.462 e. The molecule has 68 heavy (non-hydrogen) atoms. The molecular weight excluding hydrogens is 880 g/mol. The van der Waals surface area contributed by atoms with Crippen LogP contribution in [0.25, 0.3) is 0 Å². The predicted molar refractivity (Wildman–Crippen MR) is 279 cm³/mol. The van der Waals surface area contributed by atoms with E-state index < -0.39 is 57.8 Å². The molecule has 0 aliphatic rings. The lowest BCUT2D eigenvalue weighted by molar-refractivity contribution is -0.161. The third kappa shape index (κ3) is 48.0. The molecule has 2 N–H and O–H groups in total. The fraction of sp³-hybridized carbons (Fsp3) is 0.732. The van der Waals surface area contributed by atoms with Crippen LogP contribution in [0, 0.1) is 0 Å². The van der Waals surface area contributed by atoms with Crippen LogP contribution in [0.3, 0.4) is 0 Å². The van der Waals surface area contributed by atoms with Gasteiger partial charge >= 0.3 is 25.7 Å². The summed E-state index contributed by atoms with van der Waals surface area (Å²) in [5, 5.41) is 9.77.